The van der Waals surface area contributed by atoms with Crippen LogP contribution in [0.2, 0.25) is 0 Å². The van der Waals surface area contributed by atoms with Crippen molar-refractivity contribution in [3.05, 3.63) is 51.0 Å². The van der Waals surface area contributed by atoms with Crippen LogP contribution in [0.15, 0.2) is 24.3 Å². The lowest BCUT2D eigenvalue weighted by molar-refractivity contribution is 0.0696. The molecule has 3 rings (SSSR count). The van der Waals surface area contributed by atoms with Gasteiger partial charge in [-0.25, -0.2) is 9.78 Å². The van der Waals surface area contributed by atoms with E-state index in [1.54, 1.807) is 12.1 Å². The van der Waals surface area contributed by atoms with E-state index in [1.807, 2.05) is 23.5 Å². The Kier molecular flexibility index (Phi) is 4.55. The lowest BCUT2D eigenvalue weighted by atomic mass is 10.1. The average Bonchev–Trinajstić information content (AvgIpc) is 2.89. The van der Waals surface area contributed by atoms with Crippen LogP contribution < -0.4 is 0 Å². The van der Waals surface area contributed by atoms with Gasteiger partial charge in [0.05, 0.1) is 16.3 Å². The van der Waals surface area contributed by atoms with Crippen molar-refractivity contribution in [3.8, 4) is 0 Å². The number of rotatable bonds is 5. The Morgan fingerprint density at radius 2 is 2.32 bits per heavy atom. The minimum Gasteiger partial charge on any atom is -0.478 e. The van der Waals surface area contributed by atoms with Crippen molar-refractivity contribution in [3.63, 3.8) is 0 Å². The van der Waals surface area contributed by atoms with Crippen molar-refractivity contribution < 1.29 is 9.90 Å². The molecule has 1 aromatic heterocycles. The molecule has 0 amide bonds. The fourth-order valence-corrected chi connectivity index (χ4v) is 4.08. The van der Waals surface area contributed by atoms with Gasteiger partial charge in [0.2, 0.25) is 0 Å². The highest BCUT2D eigenvalue weighted by molar-refractivity contribution is 7.11. The molecule has 0 spiro atoms. The zero-order chi connectivity index (χ0) is 15.5. The maximum Gasteiger partial charge on any atom is 0.335 e. The summed E-state index contributed by atoms with van der Waals surface area (Å²) in [6.45, 7) is 4.89. The van der Waals surface area contributed by atoms with Crippen LogP contribution in [0.4, 0.5) is 0 Å². The van der Waals surface area contributed by atoms with Crippen LogP contribution in [-0.4, -0.2) is 27.5 Å². The normalized spacial score (nSPS) is 14.8. The second kappa shape index (κ2) is 6.58. The van der Waals surface area contributed by atoms with Crippen LogP contribution in [0.1, 0.15) is 44.8 Å². The summed E-state index contributed by atoms with van der Waals surface area (Å²) in [5.74, 6) is -0.866. The molecule has 1 aliphatic heterocycles. The van der Waals surface area contributed by atoms with Crippen molar-refractivity contribution in [2.45, 2.75) is 39.3 Å². The number of carboxylic acids is 1. The van der Waals surface area contributed by atoms with Crippen LogP contribution in [0.5, 0.6) is 0 Å². The summed E-state index contributed by atoms with van der Waals surface area (Å²) in [4.78, 5) is 19.5. The molecule has 1 N–H and O–H groups in total. The molecule has 0 bridgehead atoms. The summed E-state index contributed by atoms with van der Waals surface area (Å²) in [6, 6.07) is 7.23. The van der Waals surface area contributed by atoms with Gasteiger partial charge in [-0.2, -0.15) is 0 Å². The summed E-state index contributed by atoms with van der Waals surface area (Å²) in [6.07, 6.45) is 3.20. The molecule has 2 heterocycles. The third kappa shape index (κ3) is 3.36. The summed E-state index contributed by atoms with van der Waals surface area (Å²) in [5.41, 5.74) is 2.68. The molecule has 2 aromatic rings. The minimum absolute atomic E-state index is 0.359. The van der Waals surface area contributed by atoms with Gasteiger partial charge in [-0.3, -0.25) is 4.90 Å². The van der Waals surface area contributed by atoms with Gasteiger partial charge >= 0.3 is 5.97 Å². The van der Waals surface area contributed by atoms with Crippen LogP contribution in [0.3, 0.4) is 0 Å². The van der Waals surface area contributed by atoms with Crippen LogP contribution in [0.25, 0.3) is 0 Å². The maximum absolute atomic E-state index is 11.1. The van der Waals surface area contributed by atoms with E-state index in [0.29, 0.717) is 5.56 Å². The first-order chi connectivity index (χ1) is 10.7. The first-order valence-electron chi connectivity index (χ1n) is 7.67. The number of hydrogen-bond donors (Lipinski definition) is 1. The van der Waals surface area contributed by atoms with E-state index >= 15 is 0 Å². The largest absolute Gasteiger partial charge is 0.478 e. The molecular formula is C17H20N2O2S. The number of nitrogens with zero attached hydrogens (tertiary/aromatic N) is 2. The number of aryl methyl sites for hydroxylation is 1. The maximum atomic E-state index is 11.1. The Bertz CT molecular complexity index is 681. The highest BCUT2D eigenvalue weighted by Crippen LogP contribution is 2.26. The molecule has 0 radical (unpaired) electrons. The number of aromatic nitrogens is 1. The fourth-order valence-electron chi connectivity index (χ4n) is 2.82. The van der Waals surface area contributed by atoms with Gasteiger partial charge < -0.3 is 5.11 Å². The quantitative estimate of drug-likeness (QED) is 0.919. The van der Waals surface area contributed by atoms with E-state index in [4.69, 9.17) is 10.1 Å². The molecular weight excluding hydrogens is 296 g/mol. The van der Waals surface area contributed by atoms with Gasteiger partial charge in [0, 0.05) is 30.9 Å². The molecule has 0 unspecified atom stereocenters. The number of carbonyl (C=O) groups is 1. The minimum atomic E-state index is -0.866. The van der Waals surface area contributed by atoms with Gasteiger partial charge in [0.15, 0.2) is 0 Å². The molecule has 1 aliphatic rings. The smallest absolute Gasteiger partial charge is 0.335 e. The average molecular weight is 316 g/mol. The fraction of sp³-hybridized carbons (Fsp3) is 0.412. The number of thiazole rings is 1. The van der Waals surface area contributed by atoms with Crippen molar-refractivity contribution in [2.75, 3.05) is 6.54 Å². The van der Waals surface area contributed by atoms with Gasteiger partial charge in [-0.15, -0.1) is 11.3 Å². The van der Waals surface area contributed by atoms with E-state index in [9.17, 15) is 4.79 Å². The van der Waals surface area contributed by atoms with Crippen molar-refractivity contribution in [1.29, 1.82) is 0 Å². The van der Waals surface area contributed by atoms with E-state index in [2.05, 4.69) is 11.8 Å². The second-order valence-corrected chi connectivity index (χ2v) is 6.86. The number of fused-ring (bicyclic) bond motifs is 1. The van der Waals surface area contributed by atoms with E-state index in [1.165, 1.54) is 15.6 Å². The highest BCUT2D eigenvalue weighted by atomic mass is 32.1. The lowest BCUT2D eigenvalue weighted by Crippen LogP contribution is -2.29. The summed E-state index contributed by atoms with van der Waals surface area (Å²) in [7, 11) is 0. The molecule has 0 saturated heterocycles. The van der Waals surface area contributed by atoms with Gasteiger partial charge in [0.1, 0.15) is 0 Å². The molecule has 0 saturated carbocycles. The monoisotopic (exact) mass is 316 g/mol. The van der Waals surface area contributed by atoms with Crippen LogP contribution >= 0.6 is 11.3 Å². The van der Waals surface area contributed by atoms with Gasteiger partial charge in [-0.05, 0) is 30.5 Å². The molecule has 22 heavy (non-hydrogen) atoms. The number of carboxylic acid groups (broad SMARTS) is 1. The molecule has 4 nitrogen and oxygen atoms in total. The van der Waals surface area contributed by atoms with E-state index in [-0.39, 0.29) is 0 Å². The number of benzene rings is 1. The molecule has 1 aromatic carbocycles. The van der Waals surface area contributed by atoms with Crippen molar-refractivity contribution >= 4 is 17.3 Å². The zero-order valence-electron chi connectivity index (χ0n) is 12.7. The molecule has 0 fully saturated rings. The predicted octanol–water partition coefficient (Wildman–Crippen LogP) is 3.35. The first kappa shape index (κ1) is 15.2. The summed E-state index contributed by atoms with van der Waals surface area (Å²) in [5, 5.41) is 10.3. The summed E-state index contributed by atoms with van der Waals surface area (Å²) >= 11 is 1.84. The highest BCUT2D eigenvalue weighted by Gasteiger charge is 2.20. The Balaban J connectivity index is 1.69. The second-order valence-electron chi connectivity index (χ2n) is 5.69. The van der Waals surface area contributed by atoms with Crippen molar-refractivity contribution in [2.24, 2.45) is 0 Å². The molecule has 0 atom stereocenters. The Morgan fingerprint density at radius 1 is 1.45 bits per heavy atom. The van der Waals surface area contributed by atoms with Gasteiger partial charge in [-0.1, -0.05) is 19.1 Å². The lowest BCUT2D eigenvalue weighted by Gasteiger charge is -2.26. The summed E-state index contributed by atoms with van der Waals surface area (Å²) < 4.78 is 0. The van der Waals surface area contributed by atoms with Crippen LogP contribution in [0, 0.1) is 0 Å². The topological polar surface area (TPSA) is 53.4 Å². The Hall–Kier alpha value is -1.72. The Labute approximate surface area is 134 Å². The third-order valence-corrected chi connectivity index (χ3v) is 5.04. The standard InChI is InChI=1S/C17H20N2O2S/c1-2-4-16-18-14-7-8-19(11-15(14)22-16)10-12-5-3-6-13(9-12)17(20)21/h3,5-6,9H,2,4,7-8,10-11H2,1H3,(H,20,21). The van der Waals surface area contributed by atoms with Crippen molar-refractivity contribution in [1.82, 2.24) is 9.88 Å². The number of hydrogen-bond acceptors (Lipinski definition) is 4. The number of aromatic carboxylic acids is 1. The predicted molar refractivity (Wildman–Crippen MR) is 87.3 cm³/mol. The molecule has 0 aliphatic carbocycles. The van der Waals surface area contributed by atoms with E-state index < -0.39 is 5.97 Å². The molecule has 116 valence electrons. The zero-order valence-corrected chi connectivity index (χ0v) is 13.5. The Morgan fingerprint density at radius 3 is 3.09 bits per heavy atom. The SMILES string of the molecule is CCCc1nc2c(s1)CN(Cc1cccc(C(=O)O)c1)CC2. The first-order valence-corrected chi connectivity index (χ1v) is 8.49. The van der Waals surface area contributed by atoms with Gasteiger partial charge in [0.25, 0.3) is 0 Å². The molecule has 5 heteroatoms. The van der Waals surface area contributed by atoms with Crippen LogP contribution in [-0.2, 0) is 25.9 Å². The van der Waals surface area contributed by atoms with E-state index in [0.717, 1.165) is 44.5 Å². The third-order valence-electron chi connectivity index (χ3n) is 3.90.